The number of hydrogen-bond acceptors (Lipinski definition) is 4. The van der Waals surface area contributed by atoms with Crippen LogP contribution in [0.1, 0.15) is 22.3 Å². The first kappa shape index (κ1) is 45.6. The summed E-state index contributed by atoms with van der Waals surface area (Å²) in [6.07, 6.45) is 0. The van der Waals surface area contributed by atoms with Gasteiger partial charge in [0.05, 0.1) is 5.41 Å². The predicted octanol–water partition coefficient (Wildman–Crippen LogP) is 19.6. The number of fused-ring (bicyclic) bond motifs is 12. The molecule has 372 valence electrons. The average Bonchev–Trinajstić information content (AvgIpc) is 4.28. The Labute approximate surface area is 462 Å². The van der Waals surface area contributed by atoms with E-state index in [2.05, 4.69) is 267 Å². The Balaban J connectivity index is 0.758. The van der Waals surface area contributed by atoms with Crippen LogP contribution in [-0.4, -0.2) is 15.0 Å². The van der Waals surface area contributed by atoms with E-state index in [1.807, 2.05) is 18.2 Å². The zero-order valence-electron chi connectivity index (χ0n) is 43.4. The first-order valence-corrected chi connectivity index (χ1v) is 27.3. The van der Waals surface area contributed by atoms with Crippen molar-refractivity contribution in [2.45, 2.75) is 5.41 Å². The van der Waals surface area contributed by atoms with E-state index in [9.17, 15) is 0 Å². The van der Waals surface area contributed by atoms with Crippen molar-refractivity contribution >= 4 is 54.3 Å². The van der Waals surface area contributed by atoms with Crippen molar-refractivity contribution in [2.75, 3.05) is 0 Å². The molecule has 0 bridgehead atoms. The molecule has 4 heteroatoms. The van der Waals surface area contributed by atoms with Crippen molar-refractivity contribution in [3.05, 3.63) is 307 Å². The van der Waals surface area contributed by atoms with E-state index in [1.54, 1.807) is 0 Å². The van der Waals surface area contributed by atoms with Gasteiger partial charge in [0.1, 0.15) is 11.2 Å². The molecule has 0 N–H and O–H groups in total. The maximum atomic E-state index is 6.67. The molecule has 0 radical (unpaired) electrons. The topological polar surface area (TPSA) is 51.8 Å². The third-order valence-corrected chi connectivity index (χ3v) is 16.6. The van der Waals surface area contributed by atoms with Crippen LogP contribution in [0.3, 0.4) is 0 Å². The monoisotopic (exact) mass is 1020 g/mol. The van der Waals surface area contributed by atoms with Crippen molar-refractivity contribution in [3.63, 3.8) is 0 Å². The first-order valence-electron chi connectivity index (χ1n) is 27.3. The van der Waals surface area contributed by atoms with E-state index in [0.29, 0.717) is 17.5 Å². The normalized spacial score (nSPS) is 12.6. The average molecular weight is 1020 g/mol. The molecule has 0 spiro atoms. The Morgan fingerprint density at radius 3 is 1.25 bits per heavy atom. The second-order valence-electron chi connectivity index (χ2n) is 21.0. The summed E-state index contributed by atoms with van der Waals surface area (Å²) >= 11 is 0. The number of nitrogens with zero attached hydrogens (tertiary/aromatic N) is 3. The van der Waals surface area contributed by atoms with E-state index in [0.717, 1.165) is 55.3 Å². The van der Waals surface area contributed by atoms with Crippen LogP contribution in [0.15, 0.2) is 290 Å². The van der Waals surface area contributed by atoms with Gasteiger partial charge in [-0.05, 0) is 148 Å². The van der Waals surface area contributed by atoms with Crippen LogP contribution >= 0.6 is 0 Å². The highest BCUT2D eigenvalue weighted by Gasteiger charge is 2.46. The Hall–Kier alpha value is -10.6. The van der Waals surface area contributed by atoms with Crippen LogP contribution in [0.25, 0.3) is 133 Å². The summed E-state index contributed by atoms with van der Waals surface area (Å²) in [7, 11) is 0. The van der Waals surface area contributed by atoms with Crippen molar-refractivity contribution in [1.82, 2.24) is 15.0 Å². The largest absolute Gasteiger partial charge is 0.456 e. The molecule has 0 atom stereocenters. The number of hydrogen-bond donors (Lipinski definition) is 0. The molecule has 0 amide bonds. The summed E-state index contributed by atoms with van der Waals surface area (Å²) < 4.78 is 6.67. The lowest BCUT2D eigenvalue weighted by molar-refractivity contribution is 0.669. The summed E-state index contributed by atoms with van der Waals surface area (Å²) in [5.41, 5.74) is 18.0. The molecule has 0 unspecified atom stereocenters. The number of furan rings is 1. The zero-order chi connectivity index (χ0) is 52.7. The highest BCUT2D eigenvalue weighted by atomic mass is 16.3. The Kier molecular flexibility index (Phi) is 10.4. The van der Waals surface area contributed by atoms with Crippen LogP contribution < -0.4 is 0 Å². The Morgan fingerprint density at radius 1 is 0.225 bits per heavy atom. The Bertz CT molecular complexity index is 4870. The molecule has 0 saturated heterocycles. The van der Waals surface area contributed by atoms with Crippen LogP contribution in [0.4, 0.5) is 0 Å². The van der Waals surface area contributed by atoms with Gasteiger partial charge in [0.25, 0.3) is 0 Å². The summed E-state index contributed by atoms with van der Waals surface area (Å²) in [5.74, 6) is 1.77. The maximum Gasteiger partial charge on any atom is 0.164 e. The molecule has 4 nitrogen and oxygen atoms in total. The molecule has 0 fully saturated rings. The standard InChI is InChI=1S/C76H47N3O/c1-4-18-48(19-5-1)73-77-74(55-35-39-65-64-32-14-15-33-69(64)76(70(65)46-55,57-24-6-2-7-25-57)58-26-8-3-9-27-58)79-75(78-73)56-36-40-66-68-45-54(37-41-71(68)80-72(66)47-56)52-23-17-21-50(43-52)49-20-16-22-51(42-49)53-34-38-63-61-30-11-10-28-59(61)60-29-12-13-31-62(60)67(63)44-53/h1-47H. The minimum Gasteiger partial charge on any atom is -0.456 e. The van der Waals surface area contributed by atoms with E-state index in [4.69, 9.17) is 19.4 Å². The number of rotatable bonds is 8. The van der Waals surface area contributed by atoms with Gasteiger partial charge in [-0.25, -0.2) is 15.0 Å². The van der Waals surface area contributed by atoms with Gasteiger partial charge in [0, 0.05) is 27.5 Å². The second kappa shape index (κ2) is 18.3. The molecule has 0 aliphatic heterocycles. The van der Waals surface area contributed by atoms with Crippen LogP contribution in [0.2, 0.25) is 0 Å². The first-order chi connectivity index (χ1) is 39.6. The van der Waals surface area contributed by atoms with Gasteiger partial charge in [-0.3, -0.25) is 0 Å². The number of benzene rings is 13. The Morgan fingerprint density at radius 2 is 0.637 bits per heavy atom. The fraction of sp³-hybridized carbons (Fsp3) is 0.0132. The minimum atomic E-state index is -0.560. The lowest BCUT2D eigenvalue weighted by Crippen LogP contribution is -2.28. The lowest BCUT2D eigenvalue weighted by Gasteiger charge is -2.34. The summed E-state index contributed by atoms with van der Waals surface area (Å²) in [4.78, 5) is 15.7. The third kappa shape index (κ3) is 7.27. The van der Waals surface area contributed by atoms with Gasteiger partial charge in [0.15, 0.2) is 17.5 Å². The molecule has 13 aromatic carbocycles. The van der Waals surface area contributed by atoms with E-state index >= 15 is 0 Å². The SMILES string of the molecule is c1ccc(-c2nc(-c3ccc4c(c3)C(c3ccccc3)(c3ccccc3)c3ccccc3-4)nc(-c3ccc4c(c3)oc3ccc(-c5cccc(-c6cccc(-c7ccc8c9ccccc9c9ccccc9c8c7)c6)c5)cc34)n2)cc1. The molecule has 1 aliphatic carbocycles. The van der Waals surface area contributed by atoms with E-state index in [-0.39, 0.29) is 0 Å². The van der Waals surface area contributed by atoms with Crippen LogP contribution in [0.5, 0.6) is 0 Å². The van der Waals surface area contributed by atoms with E-state index < -0.39 is 5.41 Å². The molecule has 16 rings (SSSR count). The maximum absolute atomic E-state index is 6.67. The molecule has 0 saturated carbocycles. The lowest BCUT2D eigenvalue weighted by atomic mass is 9.67. The van der Waals surface area contributed by atoms with E-state index in [1.165, 1.54) is 82.4 Å². The molecule has 2 aromatic heterocycles. The minimum absolute atomic E-state index is 0.560. The van der Waals surface area contributed by atoms with Crippen LogP contribution in [-0.2, 0) is 5.41 Å². The molecule has 1 aliphatic rings. The highest BCUT2D eigenvalue weighted by molar-refractivity contribution is 6.25. The summed E-state index contributed by atoms with van der Waals surface area (Å²) in [6, 6.07) is 103. The zero-order valence-corrected chi connectivity index (χ0v) is 43.4. The summed E-state index contributed by atoms with van der Waals surface area (Å²) in [5, 5.41) is 9.75. The smallest absolute Gasteiger partial charge is 0.164 e. The molecule has 80 heavy (non-hydrogen) atoms. The van der Waals surface area contributed by atoms with Gasteiger partial charge in [-0.15, -0.1) is 0 Å². The quantitative estimate of drug-likeness (QED) is 0.142. The molecule has 15 aromatic rings. The molecular formula is C76H47N3O. The van der Waals surface area contributed by atoms with Crippen molar-refractivity contribution in [2.24, 2.45) is 0 Å². The van der Waals surface area contributed by atoms with Crippen molar-refractivity contribution < 1.29 is 4.42 Å². The van der Waals surface area contributed by atoms with Gasteiger partial charge >= 0.3 is 0 Å². The summed E-state index contributed by atoms with van der Waals surface area (Å²) in [6.45, 7) is 0. The van der Waals surface area contributed by atoms with Crippen LogP contribution in [0, 0.1) is 0 Å². The molecule has 2 heterocycles. The van der Waals surface area contributed by atoms with Crippen molar-refractivity contribution in [1.29, 1.82) is 0 Å². The highest BCUT2D eigenvalue weighted by Crippen LogP contribution is 2.56. The van der Waals surface area contributed by atoms with Gasteiger partial charge in [0.2, 0.25) is 0 Å². The van der Waals surface area contributed by atoms with Gasteiger partial charge in [-0.1, -0.05) is 237 Å². The fourth-order valence-electron chi connectivity index (χ4n) is 12.9. The van der Waals surface area contributed by atoms with Gasteiger partial charge < -0.3 is 4.42 Å². The third-order valence-electron chi connectivity index (χ3n) is 16.6. The number of aromatic nitrogens is 3. The second-order valence-corrected chi connectivity index (χ2v) is 21.0. The predicted molar refractivity (Wildman–Crippen MR) is 330 cm³/mol. The van der Waals surface area contributed by atoms with Crippen molar-refractivity contribution in [3.8, 4) is 78.7 Å². The fourth-order valence-corrected chi connectivity index (χ4v) is 12.9. The molecular weight excluding hydrogens is 971 g/mol. The van der Waals surface area contributed by atoms with Gasteiger partial charge in [-0.2, -0.15) is 0 Å².